The molecule has 0 nitrogen and oxygen atoms in total. The van der Waals surface area contributed by atoms with Gasteiger partial charge in [0.05, 0.1) is 0 Å². The molecule has 53 radical (unpaired) electrons. The van der Waals surface area contributed by atoms with Crippen LogP contribution in [0.5, 0.6) is 0 Å². The largest absolute Gasteiger partial charge is 3.00 e. The van der Waals surface area contributed by atoms with Gasteiger partial charge in [-0.25, -0.2) is 0 Å². The molecule has 0 aromatic heterocycles. The molecule has 0 unspecified atom stereocenters. The maximum atomic E-state index is 0. The number of hydrogen-bond acceptors (Lipinski definition) is 0. The summed E-state index contributed by atoms with van der Waals surface area (Å²) in [4.78, 5) is 0. The van der Waals surface area contributed by atoms with E-state index in [0.717, 1.165) is 0 Å². The first-order chi connectivity index (χ1) is 0. The molecule has 57 heavy (non-hydrogen) atoms. The molecule has 54 heteroatoms. The molecule has 0 aliphatic rings. The Hall–Kier alpha value is 59.6. The van der Waals surface area contributed by atoms with Crippen molar-refractivity contribution in [2.75, 3.05) is 0 Å². The summed E-state index contributed by atoms with van der Waals surface area (Å²) in [5.41, 5.74) is 0. The molecule has 0 spiro atoms. The smallest absolute Gasteiger partial charge is 0.358 e. The molecular weight excluding hydrogens is 4840 g/mol. The van der Waals surface area contributed by atoms with Crippen molar-refractivity contribution in [2.24, 2.45) is 0 Å². The summed E-state index contributed by atoms with van der Waals surface area (Å²) >= 11 is 0. The Balaban J connectivity index is 0. The third-order valence-corrected chi connectivity index (χ3v) is 0. The van der Waals surface area contributed by atoms with Gasteiger partial charge in [-0.3, -0.25) is 0 Å². The van der Waals surface area contributed by atoms with Crippen molar-refractivity contribution in [3.63, 3.8) is 0 Å². The van der Waals surface area contributed by atoms with Crippen LogP contribution < -0.4 is 0 Å². The minimum Gasteiger partial charge on any atom is -0.358 e. The van der Waals surface area contributed by atoms with Crippen LogP contribution in [0.1, 0.15) is 0 Å². The van der Waals surface area contributed by atoms with Crippen LogP contribution in [0, 0.1) is 22.3 Å². The maximum absolute atomic E-state index is 0. The predicted molar refractivity (Wildman–Crippen MR) is 19.2 cm³/mol. The van der Waals surface area contributed by atoms with Crippen molar-refractivity contribution in [3.05, 3.63) is 22.3 Å². The van der Waals surface area contributed by atoms with Gasteiger partial charge in [0.25, 0.3) is 0 Å². The van der Waals surface area contributed by atoms with Crippen molar-refractivity contribution in [3.8, 4) is 0 Å². The minimum absolute atomic E-state index is 0. The zero-order valence-corrected chi connectivity index (χ0v) is 187. The van der Waals surface area contributed by atoms with E-state index in [-0.39, 0.29) is 1790 Å². The molecule has 0 heterocycles. The van der Waals surface area contributed by atoms with Crippen LogP contribution in [-0.2, 0) is 1770 Å². The average Bonchev–Trinajstić information content (AvgIpc) is 0. The SMILES string of the molecule is [CH3-].[CH3-].[CH3-].[Y+3].[Y].[Y].[Y].[Y].[Y].[Y].[Y].[Y].[Y].[Y].[Y].[Y].[Y].[Y].[Y].[Y].[Y].[Y].[Y].[Y].[Y].[Y].[Y].[Y].[Y].[Y].[Y].[Y].[Y].[Y].[Y].[Y].[Y].[Y].[Y].[Y].[Y].[Y].[Y].[Y].[Y].[Y].[Y].[Y].[Y].[Y].[Y].[Y].[Y].[Y].[Y].[Y].[Y]. The Kier molecular flexibility index (Phi) is 3290. The molecule has 0 aliphatic heterocycles. The molecule has 0 aromatic carbocycles. The standard InChI is InChI=1S/3CH3.54Y/h3*1H3;;;;;;;;;;;;;;;;;;;;;;;;;;;;;;;;;;;;;;;;;;;;;;;;;;;;;;/q3*-1;;;;;;;;;;;;;;;;;;;;;;;;;;;;;;;;;;;;;;;;;;;;;;;;;;;;;;+3. The molecule has 0 atom stereocenters. The van der Waals surface area contributed by atoms with E-state index in [1.165, 1.54) is 0 Å². The van der Waals surface area contributed by atoms with Crippen LogP contribution in [0.4, 0.5) is 0 Å². The summed E-state index contributed by atoms with van der Waals surface area (Å²) in [6.45, 7) is 0. The molecule has 0 saturated carbocycles. The third-order valence-electron chi connectivity index (χ3n) is 0. The van der Waals surface area contributed by atoms with Crippen molar-refractivity contribution < 1.29 is 1770 Å². The second kappa shape index (κ2) is 427. The van der Waals surface area contributed by atoms with E-state index in [1.54, 1.807) is 0 Å². The Morgan fingerprint density at radius 3 is 0.0526 bits per heavy atom. The zero-order chi connectivity index (χ0) is 0. The van der Waals surface area contributed by atoms with Gasteiger partial charge in [0.15, 0.2) is 0 Å². The van der Waals surface area contributed by atoms with Crippen LogP contribution in [-0.4, -0.2) is 0 Å². The van der Waals surface area contributed by atoms with Crippen molar-refractivity contribution in [1.82, 2.24) is 0 Å². The average molecular weight is 4850 g/mol. The Bertz CT molecular complexity index is 17.0. The van der Waals surface area contributed by atoms with Gasteiger partial charge < -0.3 is 22.3 Å². The Morgan fingerprint density at radius 2 is 0.0526 bits per heavy atom. The van der Waals surface area contributed by atoms with Crippen molar-refractivity contribution in [1.29, 1.82) is 0 Å². The van der Waals surface area contributed by atoms with E-state index < -0.39 is 0 Å². The minimum atomic E-state index is 0. The third kappa shape index (κ3) is 420. The molecule has 0 amide bonds. The molecular formula is C3H9Y54. The monoisotopic (exact) mass is 4850 g/mol. The summed E-state index contributed by atoms with van der Waals surface area (Å²) < 4.78 is 0. The summed E-state index contributed by atoms with van der Waals surface area (Å²) in [5.74, 6) is 0. The quantitative estimate of drug-likeness (QED) is 0.321. The fourth-order valence-electron chi connectivity index (χ4n) is 0. The van der Waals surface area contributed by atoms with Gasteiger partial charge in [-0.15, -0.1) is 0 Å². The molecule has 0 rings (SSSR count). The fourth-order valence-corrected chi connectivity index (χ4v) is 0. The van der Waals surface area contributed by atoms with Gasteiger partial charge in [0, 0.05) is 1730 Å². The van der Waals surface area contributed by atoms with Crippen LogP contribution >= 0.6 is 0 Å². The molecule has 0 N–H and O–H groups in total. The van der Waals surface area contributed by atoms with E-state index in [1.807, 2.05) is 0 Å². The number of rotatable bonds is 0. The van der Waals surface area contributed by atoms with Crippen molar-refractivity contribution >= 4 is 0 Å². The molecule has 0 saturated heterocycles. The molecule has 183 valence electrons. The van der Waals surface area contributed by atoms with Crippen LogP contribution in [0.3, 0.4) is 0 Å². The summed E-state index contributed by atoms with van der Waals surface area (Å²) in [7, 11) is 0. The first-order valence-electron chi connectivity index (χ1n) is 0. The number of hydrogen-bond donors (Lipinski definition) is 0. The second-order valence-corrected chi connectivity index (χ2v) is 0. The first kappa shape index (κ1) is 439. The van der Waals surface area contributed by atoms with Gasteiger partial charge >= 0.3 is 32.7 Å². The van der Waals surface area contributed by atoms with E-state index in [4.69, 9.17) is 0 Å². The normalized spacial score (nSPS) is 0. The first-order valence-corrected chi connectivity index (χ1v) is 0. The van der Waals surface area contributed by atoms with Crippen LogP contribution in [0.15, 0.2) is 0 Å². The van der Waals surface area contributed by atoms with Gasteiger partial charge in [-0.05, 0) is 0 Å². The van der Waals surface area contributed by atoms with E-state index in [9.17, 15) is 0 Å². The van der Waals surface area contributed by atoms with Crippen LogP contribution in [0.2, 0.25) is 0 Å². The second-order valence-electron chi connectivity index (χ2n) is 0. The van der Waals surface area contributed by atoms with E-state index in [0.29, 0.717) is 0 Å². The fraction of sp³-hybridized carbons (Fsp3) is 0. The van der Waals surface area contributed by atoms with Gasteiger partial charge in [-0.1, -0.05) is 0 Å². The molecule has 0 fully saturated rings. The molecule has 0 aliphatic carbocycles. The van der Waals surface area contributed by atoms with E-state index >= 15 is 0 Å². The van der Waals surface area contributed by atoms with E-state index in [2.05, 4.69) is 0 Å². The summed E-state index contributed by atoms with van der Waals surface area (Å²) in [5, 5.41) is 0. The summed E-state index contributed by atoms with van der Waals surface area (Å²) in [6, 6.07) is 0. The van der Waals surface area contributed by atoms with Gasteiger partial charge in [0.2, 0.25) is 0 Å². The zero-order valence-electron chi connectivity index (χ0n) is 34.2. The summed E-state index contributed by atoms with van der Waals surface area (Å²) in [6.07, 6.45) is 0. The van der Waals surface area contributed by atoms with Crippen LogP contribution in [0.25, 0.3) is 0 Å². The van der Waals surface area contributed by atoms with Gasteiger partial charge in [-0.2, -0.15) is 0 Å². The molecule has 0 aromatic rings. The van der Waals surface area contributed by atoms with Gasteiger partial charge in [0.1, 0.15) is 0 Å². The molecule has 0 bridgehead atoms. The predicted octanol–water partition coefficient (Wildman–Crippen LogP) is 1.22. The Labute approximate surface area is 1720 Å². The Morgan fingerprint density at radius 1 is 0.0526 bits per heavy atom. The van der Waals surface area contributed by atoms with Crippen molar-refractivity contribution in [2.45, 2.75) is 0 Å². The maximum Gasteiger partial charge on any atom is 3.00 e. The topological polar surface area (TPSA) is 0 Å².